The second-order valence-corrected chi connectivity index (χ2v) is 13.1. The van der Waals surface area contributed by atoms with Gasteiger partial charge in [0.05, 0.1) is 0 Å². The van der Waals surface area contributed by atoms with Crippen molar-refractivity contribution in [1.82, 2.24) is 0 Å². The molecule has 0 aliphatic rings. The Hall–Kier alpha value is -5.84. The summed E-state index contributed by atoms with van der Waals surface area (Å²) < 4.78 is 122. The van der Waals surface area contributed by atoms with Gasteiger partial charge in [0.25, 0.3) is 0 Å². The molecule has 0 atom stereocenters. The van der Waals surface area contributed by atoms with Crippen LogP contribution in [0.4, 0.5) is 43.9 Å². The molecule has 280 valence electrons. The van der Waals surface area contributed by atoms with Gasteiger partial charge in [0.15, 0.2) is 46.5 Å². The summed E-state index contributed by atoms with van der Waals surface area (Å²) in [6.07, 6.45) is 0. The van der Waals surface area contributed by atoms with Gasteiger partial charge in [0.1, 0.15) is 10.0 Å². The van der Waals surface area contributed by atoms with Crippen LogP contribution in [-0.4, -0.2) is 0 Å². The zero-order valence-electron chi connectivity index (χ0n) is 28.1. The minimum Gasteiger partial charge on any atom is -0.202 e. The topological polar surface area (TPSA) is 0 Å². The Morgan fingerprint density at radius 1 is 0.214 bits per heavy atom. The number of halogens is 12. The highest BCUT2D eigenvalue weighted by atomic mass is 35.5. The van der Waals surface area contributed by atoms with Gasteiger partial charge in [-0.3, -0.25) is 0 Å². The average Bonchev–Trinajstić information content (AvgIpc) is 3.24. The molecule has 0 saturated heterocycles. The molecule has 0 spiro atoms. The van der Waals surface area contributed by atoms with E-state index in [9.17, 15) is 43.9 Å². The Morgan fingerprint density at radius 3 is 0.518 bits per heavy atom. The van der Waals surface area contributed by atoms with Gasteiger partial charge >= 0.3 is 0 Å². The van der Waals surface area contributed by atoms with E-state index in [0.29, 0.717) is 0 Å². The molecule has 10 aromatic rings. The van der Waals surface area contributed by atoms with E-state index >= 15 is 0 Å². The van der Waals surface area contributed by atoms with Crippen molar-refractivity contribution < 1.29 is 43.9 Å². The maximum atomic E-state index is 12.3. The summed E-state index contributed by atoms with van der Waals surface area (Å²) in [5.41, 5.74) is 0. The Labute approximate surface area is 320 Å². The fourth-order valence-corrected chi connectivity index (χ4v) is 6.83. The smallest absolute Gasteiger partial charge is 0.200 e. The molecule has 0 bridgehead atoms. The largest absolute Gasteiger partial charge is 0.202 e. The van der Waals surface area contributed by atoms with E-state index < -0.39 is 68.2 Å². The molecule has 0 fully saturated rings. The van der Waals surface area contributed by atoms with Gasteiger partial charge in [0, 0.05) is 0 Å². The third kappa shape index (κ3) is 6.73. The van der Waals surface area contributed by atoms with Crippen molar-refractivity contribution >= 4 is 87.8 Å². The predicted octanol–water partition coefficient (Wildman–Crippen LogP) is 15.2. The Bertz CT molecular complexity index is 2400. The fourth-order valence-electron chi connectivity index (χ4n) is 6.50. The highest BCUT2D eigenvalue weighted by molar-refractivity contribution is 6.31. The highest BCUT2D eigenvalue weighted by Crippen LogP contribution is 2.35. The molecule has 10 aromatic carbocycles. The van der Waals surface area contributed by atoms with Crippen molar-refractivity contribution in [2.45, 2.75) is 0 Å². The molecule has 0 unspecified atom stereocenters. The first kappa shape index (κ1) is 38.4. The van der Waals surface area contributed by atoms with Gasteiger partial charge in [0.2, 0.25) is 11.6 Å². The van der Waals surface area contributed by atoms with Crippen LogP contribution in [0.3, 0.4) is 0 Å². The van der Waals surface area contributed by atoms with Crippen molar-refractivity contribution in [3.63, 3.8) is 0 Å². The van der Waals surface area contributed by atoms with Crippen LogP contribution in [0, 0.1) is 58.2 Å². The second kappa shape index (κ2) is 15.4. The zero-order valence-corrected chi connectivity index (χ0v) is 29.6. The normalized spacial score (nSPS) is 11.2. The summed E-state index contributed by atoms with van der Waals surface area (Å²) in [5.74, 6) is -20.7. The van der Waals surface area contributed by atoms with E-state index in [0.717, 1.165) is 0 Å². The monoisotopic (exact) mass is 808 g/mol. The van der Waals surface area contributed by atoms with Gasteiger partial charge in [-0.15, -0.1) is 0 Å². The van der Waals surface area contributed by atoms with Crippen molar-refractivity contribution in [3.8, 4) is 0 Å². The van der Waals surface area contributed by atoms with Crippen LogP contribution in [0.5, 0.6) is 0 Å². The van der Waals surface area contributed by atoms with Crippen LogP contribution in [0.2, 0.25) is 10.0 Å². The number of rotatable bonds is 0. The van der Waals surface area contributed by atoms with Crippen LogP contribution in [0.25, 0.3) is 64.6 Å². The summed E-state index contributed by atoms with van der Waals surface area (Å²) >= 11 is 9.53. The highest BCUT2D eigenvalue weighted by Gasteiger charge is 2.25. The zero-order chi connectivity index (χ0) is 40.0. The van der Waals surface area contributed by atoms with Crippen LogP contribution in [0.1, 0.15) is 0 Å². The Balaban J connectivity index is 0.000000116. The van der Waals surface area contributed by atoms with Crippen LogP contribution in [-0.2, 0) is 0 Å². The van der Waals surface area contributed by atoms with Crippen LogP contribution >= 0.6 is 23.2 Å². The van der Waals surface area contributed by atoms with E-state index in [1.165, 1.54) is 64.6 Å². The first-order chi connectivity index (χ1) is 26.8. The van der Waals surface area contributed by atoms with Gasteiger partial charge in [-0.2, -0.15) is 0 Å². The van der Waals surface area contributed by atoms with E-state index in [2.05, 4.69) is 121 Å². The molecule has 0 radical (unpaired) electrons. The summed E-state index contributed by atoms with van der Waals surface area (Å²) in [6, 6.07) is 43.7. The lowest BCUT2D eigenvalue weighted by Gasteiger charge is -2.09. The molecule has 0 nitrogen and oxygen atoms in total. The third-order valence-corrected chi connectivity index (χ3v) is 9.76. The van der Waals surface area contributed by atoms with Crippen molar-refractivity contribution in [2.75, 3.05) is 0 Å². The molecule has 0 saturated carbocycles. The lowest BCUT2D eigenvalue weighted by molar-refractivity contribution is 0.379. The molecule has 0 N–H and O–H groups in total. The molecular weight excluding hydrogens is 789 g/mol. The van der Waals surface area contributed by atoms with Crippen molar-refractivity contribution in [1.29, 1.82) is 0 Å². The molecule has 0 heterocycles. The SMILES string of the molecule is Fc1c(F)c(F)c(Cl)c(F)c1F.Fc1c(F)c(F)c(Cl)c(F)c1F.c1cc2ccc3cccc4ccc(c1)c2c34.c1cc2ccc3cccc4ccc(c1)c2c34. The Morgan fingerprint density at radius 2 is 0.357 bits per heavy atom. The van der Waals surface area contributed by atoms with E-state index in [1.807, 2.05) is 0 Å². The van der Waals surface area contributed by atoms with E-state index in [-0.39, 0.29) is 0 Å². The molecule has 0 amide bonds. The summed E-state index contributed by atoms with van der Waals surface area (Å²) in [6.45, 7) is 0. The van der Waals surface area contributed by atoms with Crippen molar-refractivity contribution in [3.05, 3.63) is 190 Å². The predicted molar refractivity (Wildman–Crippen MR) is 203 cm³/mol. The standard InChI is InChI=1S/2C16H10.2C6ClF5/c2*1-3-11-7-9-13-5-2-6-14-10-8-12(4-1)15(11)16(13)14;2*7-1-2(8)4(10)6(12)5(11)3(1)9/h2*1-10H;;. The first-order valence-corrected chi connectivity index (χ1v) is 17.1. The van der Waals surface area contributed by atoms with Gasteiger partial charge in [-0.05, 0) is 64.6 Å². The third-order valence-electron chi connectivity index (χ3n) is 9.10. The lowest BCUT2D eigenvalue weighted by atomic mass is 9.95. The number of hydrogen-bond acceptors (Lipinski definition) is 0. The van der Waals surface area contributed by atoms with Crippen LogP contribution < -0.4 is 0 Å². The van der Waals surface area contributed by atoms with E-state index in [1.54, 1.807) is 0 Å². The summed E-state index contributed by atoms with van der Waals surface area (Å²) in [4.78, 5) is 0. The summed E-state index contributed by atoms with van der Waals surface area (Å²) in [5, 5.41) is 13.5. The minimum absolute atomic E-state index is 1.34. The molecular formula is C44H20Cl2F10. The van der Waals surface area contributed by atoms with Gasteiger partial charge in [-0.1, -0.05) is 145 Å². The molecule has 10 rings (SSSR count). The average molecular weight is 810 g/mol. The van der Waals surface area contributed by atoms with Gasteiger partial charge in [-0.25, -0.2) is 43.9 Å². The first-order valence-electron chi connectivity index (χ1n) is 16.4. The fraction of sp³-hybridized carbons (Fsp3) is 0. The molecule has 0 aromatic heterocycles. The molecule has 12 heteroatoms. The quantitative estimate of drug-likeness (QED) is 0.0620. The Kier molecular flexibility index (Phi) is 10.5. The molecule has 0 aliphatic carbocycles. The van der Waals surface area contributed by atoms with Gasteiger partial charge < -0.3 is 0 Å². The maximum absolute atomic E-state index is 12.3. The van der Waals surface area contributed by atoms with Crippen LogP contribution in [0.15, 0.2) is 121 Å². The second-order valence-electron chi connectivity index (χ2n) is 12.3. The lowest BCUT2D eigenvalue weighted by Crippen LogP contribution is -2.00. The summed E-state index contributed by atoms with van der Waals surface area (Å²) in [7, 11) is 0. The minimum atomic E-state index is -2.21. The number of hydrogen-bond donors (Lipinski definition) is 0. The number of benzene rings is 10. The molecule has 56 heavy (non-hydrogen) atoms. The van der Waals surface area contributed by atoms with E-state index in [4.69, 9.17) is 23.2 Å². The van der Waals surface area contributed by atoms with Crippen molar-refractivity contribution in [2.24, 2.45) is 0 Å². The maximum Gasteiger partial charge on any atom is 0.200 e. The molecule has 0 aliphatic heterocycles.